The van der Waals surface area contributed by atoms with E-state index in [0.717, 1.165) is 20.7 Å². The molecule has 2 aromatic carbocycles. The molecule has 0 aromatic heterocycles. The van der Waals surface area contributed by atoms with Gasteiger partial charge in [0.25, 0.3) is 0 Å². The topological polar surface area (TPSA) is 96.0 Å². The Morgan fingerprint density at radius 3 is 2.54 bits per heavy atom. The van der Waals surface area contributed by atoms with Gasteiger partial charge in [0, 0.05) is 26.2 Å². The molecule has 0 radical (unpaired) electrons. The number of hydrogen-bond donors (Lipinski definition) is 1. The number of ether oxygens (including phenoxy) is 1. The summed E-state index contributed by atoms with van der Waals surface area (Å²) in [4.78, 5) is -0.0915. The number of rotatable bonds is 6. The van der Waals surface area contributed by atoms with E-state index in [1.54, 1.807) is 0 Å². The molecule has 8 nitrogen and oxygen atoms in total. The largest absolute Gasteiger partial charge is 0.495 e. The lowest BCUT2D eigenvalue weighted by atomic mass is 10.2. The molecule has 0 aliphatic carbocycles. The number of sulfonamides is 1. The highest BCUT2D eigenvalue weighted by atomic mass is 35.5. The van der Waals surface area contributed by atoms with E-state index in [-0.39, 0.29) is 28.7 Å². The maximum Gasteiger partial charge on any atom is 0.326 e. The molecule has 3 rings (SSSR count). The van der Waals surface area contributed by atoms with Crippen molar-refractivity contribution in [1.29, 1.82) is 0 Å². The quantitative estimate of drug-likeness (QED) is 0.727. The number of anilines is 2. The molecule has 2 aromatic rings. The van der Waals surface area contributed by atoms with Gasteiger partial charge in [0.1, 0.15) is 11.6 Å². The summed E-state index contributed by atoms with van der Waals surface area (Å²) in [5.41, 5.74) is 0.459. The van der Waals surface area contributed by atoms with Crippen LogP contribution in [0, 0.1) is 5.82 Å². The first-order valence-corrected chi connectivity index (χ1v) is 11.2. The summed E-state index contributed by atoms with van der Waals surface area (Å²) in [6, 6.07) is 7.56. The highest BCUT2D eigenvalue weighted by molar-refractivity contribution is 7.94. The van der Waals surface area contributed by atoms with E-state index in [2.05, 4.69) is 4.72 Å². The molecule has 0 bridgehead atoms. The number of benzene rings is 2. The Morgan fingerprint density at radius 1 is 1.18 bits per heavy atom. The summed E-state index contributed by atoms with van der Waals surface area (Å²) in [7, 11) is -5.10. The molecule has 0 fully saturated rings. The number of methoxy groups -OCH3 is 1. The Balaban J connectivity index is 1.77. The fourth-order valence-electron chi connectivity index (χ4n) is 2.77. The first-order valence-electron chi connectivity index (χ1n) is 7.97. The zero-order valence-corrected chi connectivity index (χ0v) is 17.3. The van der Waals surface area contributed by atoms with Gasteiger partial charge >= 0.3 is 10.2 Å². The fourth-order valence-corrected chi connectivity index (χ4v) is 5.56. The van der Waals surface area contributed by atoms with Gasteiger partial charge < -0.3 is 4.74 Å². The van der Waals surface area contributed by atoms with Crippen molar-refractivity contribution in [3.05, 3.63) is 47.2 Å². The monoisotopic (exact) mass is 449 g/mol. The average molecular weight is 450 g/mol. The van der Waals surface area contributed by atoms with Crippen LogP contribution in [0.3, 0.4) is 0 Å². The van der Waals surface area contributed by atoms with Gasteiger partial charge in [-0.2, -0.15) is 8.42 Å². The van der Waals surface area contributed by atoms with Crippen LogP contribution in [-0.2, 0) is 20.2 Å². The Kier molecular flexibility index (Phi) is 5.45. The van der Waals surface area contributed by atoms with E-state index in [1.807, 2.05) is 0 Å². The minimum absolute atomic E-state index is 0.0915. The van der Waals surface area contributed by atoms with Crippen molar-refractivity contribution in [2.45, 2.75) is 4.90 Å². The van der Waals surface area contributed by atoms with Gasteiger partial charge in [-0.3, -0.25) is 4.31 Å². The van der Waals surface area contributed by atoms with Gasteiger partial charge in [0.15, 0.2) is 0 Å². The van der Waals surface area contributed by atoms with Gasteiger partial charge in [-0.25, -0.2) is 21.8 Å². The van der Waals surface area contributed by atoms with Crippen LogP contribution >= 0.6 is 11.6 Å². The van der Waals surface area contributed by atoms with Crippen LogP contribution in [0.2, 0.25) is 5.02 Å². The molecule has 1 N–H and O–H groups in total. The maximum absolute atomic E-state index is 13.6. The lowest BCUT2D eigenvalue weighted by Gasteiger charge is -2.19. The maximum atomic E-state index is 13.6. The molecule has 0 amide bonds. The zero-order chi connectivity index (χ0) is 20.7. The smallest absolute Gasteiger partial charge is 0.326 e. The second-order valence-electron chi connectivity index (χ2n) is 5.87. The molecule has 1 aliphatic rings. The molecule has 0 atom stereocenters. The minimum Gasteiger partial charge on any atom is -0.495 e. The molecular formula is C16H17ClFN3O5S2. The molecule has 0 spiro atoms. The number of hydrogen-bond acceptors (Lipinski definition) is 5. The van der Waals surface area contributed by atoms with E-state index >= 15 is 0 Å². The van der Waals surface area contributed by atoms with E-state index in [0.29, 0.717) is 11.4 Å². The molecule has 1 aliphatic heterocycles. The fraction of sp³-hybridized carbons (Fsp3) is 0.250. The number of halogens is 2. The predicted molar refractivity (Wildman–Crippen MR) is 104 cm³/mol. The highest BCUT2D eigenvalue weighted by Crippen LogP contribution is 2.39. The number of nitrogens with one attached hydrogen (secondary N) is 1. The summed E-state index contributed by atoms with van der Waals surface area (Å²) in [5, 5.41) is 0.124. The van der Waals surface area contributed by atoms with Crippen molar-refractivity contribution < 1.29 is 26.0 Å². The van der Waals surface area contributed by atoms with E-state index in [4.69, 9.17) is 16.3 Å². The second kappa shape index (κ2) is 7.39. The van der Waals surface area contributed by atoms with Crippen LogP contribution in [0.1, 0.15) is 0 Å². The van der Waals surface area contributed by atoms with Gasteiger partial charge in [0.05, 0.1) is 28.4 Å². The molecule has 0 unspecified atom stereocenters. The van der Waals surface area contributed by atoms with Crippen molar-refractivity contribution in [2.75, 3.05) is 35.9 Å². The average Bonchev–Trinajstić information content (AvgIpc) is 2.81. The summed E-state index contributed by atoms with van der Waals surface area (Å²) in [6.07, 6.45) is 0. The van der Waals surface area contributed by atoms with Crippen LogP contribution in [-0.4, -0.2) is 44.1 Å². The summed E-state index contributed by atoms with van der Waals surface area (Å²) in [5.74, 6) is -0.270. The standard InChI is InChI=1S/C16H17ClFN3O5S2/c1-20-14-5-3-11(18)9-15(14)21(28(20,24)25)8-7-19-27(22,23)12-4-6-16(26-2)13(17)10-12/h3-6,9-10,19H,7-8H2,1-2H3. The minimum atomic E-state index is -3.93. The number of fused-ring (bicyclic) bond motifs is 1. The lowest BCUT2D eigenvalue weighted by molar-refractivity contribution is 0.414. The molecule has 1 heterocycles. The van der Waals surface area contributed by atoms with Crippen LogP contribution in [0.15, 0.2) is 41.3 Å². The third-order valence-corrected chi connectivity index (χ3v) is 7.79. The van der Waals surface area contributed by atoms with E-state index in [9.17, 15) is 21.2 Å². The number of nitrogens with zero attached hydrogens (tertiary/aromatic N) is 2. The van der Waals surface area contributed by atoms with Crippen LogP contribution in [0.25, 0.3) is 0 Å². The Bertz CT molecular complexity index is 1130. The SMILES string of the molecule is COc1ccc(S(=O)(=O)NCCN2c3cc(F)ccc3N(C)S2(=O)=O)cc1Cl. The highest BCUT2D eigenvalue weighted by Gasteiger charge is 2.38. The summed E-state index contributed by atoms with van der Waals surface area (Å²) < 4.78 is 72.8. The van der Waals surface area contributed by atoms with E-state index < -0.39 is 26.0 Å². The van der Waals surface area contributed by atoms with Crippen molar-refractivity contribution in [2.24, 2.45) is 0 Å². The molecule has 12 heteroatoms. The lowest BCUT2D eigenvalue weighted by Crippen LogP contribution is -2.40. The van der Waals surface area contributed by atoms with Crippen molar-refractivity contribution >= 4 is 43.2 Å². The molecule has 152 valence electrons. The third kappa shape index (κ3) is 3.62. The Hall–Kier alpha value is -2.08. The summed E-state index contributed by atoms with van der Waals surface area (Å²) in [6.45, 7) is -0.443. The van der Waals surface area contributed by atoms with Crippen LogP contribution in [0.4, 0.5) is 15.8 Å². The molecule has 0 saturated carbocycles. The van der Waals surface area contributed by atoms with Gasteiger partial charge in [0.2, 0.25) is 10.0 Å². The van der Waals surface area contributed by atoms with Gasteiger partial charge in [-0.1, -0.05) is 11.6 Å². The van der Waals surface area contributed by atoms with Crippen molar-refractivity contribution in [3.63, 3.8) is 0 Å². The van der Waals surface area contributed by atoms with Crippen molar-refractivity contribution in [3.8, 4) is 5.75 Å². The predicted octanol–water partition coefficient (Wildman–Crippen LogP) is 1.97. The van der Waals surface area contributed by atoms with Crippen molar-refractivity contribution in [1.82, 2.24) is 4.72 Å². The molecule has 28 heavy (non-hydrogen) atoms. The van der Waals surface area contributed by atoms with Gasteiger partial charge in [-0.05, 0) is 30.3 Å². The van der Waals surface area contributed by atoms with Crippen LogP contribution < -0.4 is 18.1 Å². The van der Waals surface area contributed by atoms with Crippen LogP contribution in [0.5, 0.6) is 5.75 Å². The first kappa shape index (κ1) is 20.6. The van der Waals surface area contributed by atoms with E-state index in [1.165, 1.54) is 38.4 Å². The normalized spacial score (nSPS) is 15.6. The molecule has 0 saturated heterocycles. The third-order valence-electron chi connectivity index (χ3n) is 4.21. The first-order chi connectivity index (χ1) is 13.1. The molecular weight excluding hydrogens is 433 g/mol. The Labute approximate surface area is 167 Å². The van der Waals surface area contributed by atoms with Gasteiger partial charge in [-0.15, -0.1) is 0 Å². The summed E-state index contributed by atoms with van der Waals surface area (Å²) >= 11 is 5.95. The zero-order valence-electron chi connectivity index (χ0n) is 14.9. The second-order valence-corrected chi connectivity index (χ2v) is 9.93. The Morgan fingerprint density at radius 2 is 1.89 bits per heavy atom.